The number of hydrogen-bond donors (Lipinski definition) is 1. The van der Waals surface area contributed by atoms with Gasteiger partial charge in [-0.25, -0.2) is 4.39 Å². The van der Waals surface area contributed by atoms with E-state index in [9.17, 15) is 4.39 Å². The molecule has 0 atom stereocenters. The van der Waals surface area contributed by atoms with Crippen LogP contribution in [0.3, 0.4) is 0 Å². The van der Waals surface area contributed by atoms with Gasteiger partial charge < -0.3 is 10.6 Å². The van der Waals surface area contributed by atoms with Crippen LogP contribution in [0.1, 0.15) is 38.5 Å². The van der Waals surface area contributed by atoms with Gasteiger partial charge in [-0.3, -0.25) is 0 Å². The molecule has 2 nitrogen and oxygen atoms in total. The molecule has 1 aromatic rings. The largest absolute Gasteiger partial charge is 0.397 e. The minimum Gasteiger partial charge on any atom is -0.397 e. The normalized spacial score (nSPS) is 22.1. The maximum Gasteiger partial charge on any atom is 0.139 e. The first kappa shape index (κ1) is 13.2. The Morgan fingerprint density at radius 2 is 1.74 bits per heavy atom. The van der Waals surface area contributed by atoms with E-state index in [1.54, 1.807) is 12.1 Å². The Hall–Kier alpha value is -0.770. The molecule has 1 aliphatic heterocycles. The second-order valence-corrected chi connectivity index (χ2v) is 6.87. The smallest absolute Gasteiger partial charge is 0.139 e. The van der Waals surface area contributed by atoms with E-state index in [1.165, 1.54) is 38.5 Å². The number of nitrogens with zero attached hydrogens (tertiary/aromatic N) is 1. The monoisotopic (exact) mass is 326 g/mol. The number of piperidine rings is 1. The van der Waals surface area contributed by atoms with Crippen LogP contribution >= 0.6 is 15.9 Å². The lowest BCUT2D eigenvalue weighted by molar-refractivity contribution is 0.226. The summed E-state index contributed by atoms with van der Waals surface area (Å²) in [6.45, 7) is 2.01. The van der Waals surface area contributed by atoms with Gasteiger partial charge in [0.25, 0.3) is 0 Å². The fraction of sp³-hybridized carbons (Fsp3) is 0.600. The molecular weight excluding hydrogens is 307 g/mol. The molecule has 2 fully saturated rings. The molecule has 1 spiro atoms. The van der Waals surface area contributed by atoms with Crippen molar-refractivity contribution >= 4 is 27.3 Å². The summed E-state index contributed by atoms with van der Waals surface area (Å²) in [4.78, 5) is 2.24. The van der Waals surface area contributed by atoms with Gasteiger partial charge in [-0.15, -0.1) is 0 Å². The van der Waals surface area contributed by atoms with E-state index in [0.717, 1.165) is 18.8 Å². The highest BCUT2D eigenvalue weighted by Gasteiger charge is 2.37. The van der Waals surface area contributed by atoms with Gasteiger partial charge in [0.05, 0.1) is 15.8 Å². The summed E-state index contributed by atoms with van der Waals surface area (Å²) < 4.78 is 14.1. The van der Waals surface area contributed by atoms with Crippen molar-refractivity contribution in [2.24, 2.45) is 5.41 Å². The Bertz CT molecular complexity index is 473. The first-order valence-corrected chi connectivity index (χ1v) is 7.88. The number of hydrogen-bond acceptors (Lipinski definition) is 2. The second kappa shape index (κ2) is 4.97. The average Bonchev–Trinajstić information content (AvgIpc) is 2.84. The van der Waals surface area contributed by atoms with E-state index in [0.29, 0.717) is 15.6 Å². The lowest BCUT2D eigenvalue weighted by atomic mass is 9.77. The Morgan fingerprint density at radius 3 is 2.37 bits per heavy atom. The van der Waals surface area contributed by atoms with Crippen LogP contribution < -0.4 is 10.6 Å². The molecule has 1 aromatic carbocycles. The highest BCUT2D eigenvalue weighted by molar-refractivity contribution is 9.10. The van der Waals surface area contributed by atoms with E-state index >= 15 is 0 Å². The molecule has 0 aromatic heterocycles. The fourth-order valence-electron chi connectivity index (χ4n) is 3.67. The molecule has 0 radical (unpaired) electrons. The van der Waals surface area contributed by atoms with Crippen molar-refractivity contribution in [2.75, 3.05) is 23.7 Å². The zero-order valence-corrected chi connectivity index (χ0v) is 12.7. The number of benzene rings is 1. The fourth-order valence-corrected chi connectivity index (χ4v) is 4.03. The van der Waals surface area contributed by atoms with E-state index in [1.807, 2.05) is 0 Å². The predicted octanol–water partition coefficient (Wildman–Crippen LogP) is 4.33. The van der Waals surface area contributed by atoms with Gasteiger partial charge in [-0.05, 0) is 53.1 Å². The summed E-state index contributed by atoms with van der Waals surface area (Å²) in [6.07, 6.45) is 7.98. The summed E-state index contributed by atoms with van der Waals surface area (Å²) in [5.41, 5.74) is 8.13. The lowest BCUT2D eigenvalue weighted by Crippen LogP contribution is -2.39. The molecule has 3 rings (SSSR count). The SMILES string of the molecule is Nc1cc(Br)c(F)cc1N1CCC2(CCCC2)CC1. The quantitative estimate of drug-likeness (QED) is 0.778. The van der Waals surface area contributed by atoms with Crippen LogP contribution in [0.2, 0.25) is 0 Å². The molecule has 0 amide bonds. The molecule has 2 aliphatic rings. The molecule has 2 N–H and O–H groups in total. The summed E-state index contributed by atoms with van der Waals surface area (Å²) in [5.74, 6) is -0.231. The molecule has 4 heteroatoms. The Labute approximate surface area is 122 Å². The number of halogens is 2. The van der Waals surface area contributed by atoms with Crippen molar-refractivity contribution < 1.29 is 4.39 Å². The molecule has 1 aliphatic carbocycles. The van der Waals surface area contributed by atoms with E-state index in [4.69, 9.17) is 5.73 Å². The van der Waals surface area contributed by atoms with Crippen molar-refractivity contribution in [3.8, 4) is 0 Å². The van der Waals surface area contributed by atoms with Gasteiger partial charge in [-0.2, -0.15) is 0 Å². The maximum absolute atomic E-state index is 13.7. The molecule has 19 heavy (non-hydrogen) atoms. The highest BCUT2D eigenvalue weighted by atomic mass is 79.9. The number of anilines is 2. The van der Waals surface area contributed by atoms with Crippen molar-refractivity contribution in [3.63, 3.8) is 0 Å². The maximum atomic E-state index is 13.7. The Kier molecular flexibility index (Phi) is 3.46. The number of rotatable bonds is 1. The van der Waals surface area contributed by atoms with Crippen molar-refractivity contribution in [1.29, 1.82) is 0 Å². The third-order valence-corrected chi connectivity index (χ3v) is 5.51. The van der Waals surface area contributed by atoms with Gasteiger partial charge >= 0.3 is 0 Å². The standard InChI is InChI=1S/C15H20BrFN2/c16-11-9-13(18)14(10-12(11)17)19-7-5-15(6-8-19)3-1-2-4-15/h9-10H,1-8,18H2. The predicted molar refractivity (Wildman–Crippen MR) is 80.9 cm³/mol. The van der Waals surface area contributed by atoms with Crippen LogP contribution in [0.4, 0.5) is 15.8 Å². The molecule has 1 saturated carbocycles. The summed E-state index contributed by atoms with van der Waals surface area (Å²) >= 11 is 3.18. The Balaban J connectivity index is 1.76. The zero-order chi connectivity index (χ0) is 13.5. The van der Waals surface area contributed by atoms with E-state index in [2.05, 4.69) is 20.8 Å². The molecular formula is C15H20BrFN2. The average molecular weight is 327 g/mol. The molecule has 1 heterocycles. The van der Waals surface area contributed by atoms with Crippen molar-refractivity contribution in [1.82, 2.24) is 0 Å². The van der Waals surface area contributed by atoms with E-state index < -0.39 is 0 Å². The number of nitrogen functional groups attached to an aromatic ring is 1. The third kappa shape index (κ3) is 2.47. The lowest BCUT2D eigenvalue weighted by Gasteiger charge is -2.40. The minimum atomic E-state index is -0.231. The van der Waals surface area contributed by atoms with Crippen LogP contribution in [-0.2, 0) is 0 Å². The first-order chi connectivity index (χ1) is 9.10. The van der Waals surface area contributed by atoms with Gasteiger partial charge in [0.15, 0.2) is 0 Å². The number of nitrogens with two attached hydrogens (primary N) is 1. The zero-order valence-electron chi connectivity index (χ0n) is 11.1. The third-order valence-electron chi connectivity index (χ3n) is 4.90. The van der Waals surface area contributed by atoms with Crippen LogP contribution in [0.15, 0.2) is 16.6 Å². The van der Waals surface area contributed by atoms with Crippen molar-refractivity contribution in [2.45, 2.75) is 38.5 Å². The summed E-state index contributed by atoms with van der Waals surface area (Å²) in [7, 11) is 0. The highest BCUT2D eigenvalue weighted by Crippen LogP contribution is 2.47. The molecule has 104 valence electrons. The topological polar surface area (TPSA) is 29.3 Å². The summed E-state index contributed by atoms with van der Waals surface area (Å²) in [6, 6.07) is 3.23. The molecule has 0 bridgehead atoms. The van der Waals surface area contributed by atoms with Gasteiger partial charge in [-0.1, -0.05) is 12.8 Å². The summed E-state index contributed by atoms with van der Waals surface area (Å²) in [5, 5.41) is 0. The van der Waals surface area contributed by atoms with Crippen molar-refractivity contribution in [3.05, 3.63) is 22.4 Å². The van der Waals surface area contributed by atoms with Gasteiger partial charge in [0.1, 0.15) is 5.82 Å². The van der Waals surface area contributed by atoms with Gasteiger partial charge in [0, 0.05) is 19.2 Å². The first-order valence-electron chi connectivity index (χ1n) is 7.09. The molecule has 0 unspecified atom stereocenters. The van der Waals surface area contributed by atoms with Gasteiger partial charge in [0.2, 0.25) is 0 Å². The second-order valence-electron chi connectivity index (χ2n) is 6.02. The van der Waals surface area contributed by atoms with E-state index in [-0.39, 0.29) is 5.82 Å². The van der Waals surface area contributed by atoms with Crippen LogP contribution in [0.25, 0.3) is 0 Å². The minimum absolute atomic E-state index is 0.231. The molecule has 1 saturated heterocycles. The van der Waals surface area contributed by atoms with Crippen LogP contribution in [0, 0.1) is 11.2 Å². The van der Waals surface area contributed by atoms with Crippen LogP contribution in [-0.4, -0.2) is 13.1 Å². The Morgan fingerprint density at radius 1 is 1.11 bits per heavy atom. The van der Waals surface area contributed by atoms with Crippen LogP contribution in [0.5, 0.6) is 0 Å².